The van der Waals surface area contributed by atoms with E-state index < -0.39 is 0 Å². The number of nitrogens with zero attached hydrogens (tertiary/aromatic N) is 2. The van der Waals surface area contributed by atoms with Crippen LogP contribution in [-0.4, -0.2) is 9.36 Å². The third-order valence-corrected chi connectivity index (χ3v) is 3.99. The third kappa shape index (κ3) is 0.850. The predicted octanol–water partition coefficient (Wildman–Crippen LogP) is 1.12. The smallest absolute Gasteiger partial charge is 0.133 e. The molecule has 2 fully saturated rings. The topological polar surface area (TPSA) is 51.8 Å². The third-order valence-electron chi connectivity index (χ3n) is 3.11. The zero-order valence-electron chi connectivity index (χ0n) is 6.73. The fourth-order valence-electron chi connectivity index (χ4n) is 2.40. The second-order valence-electron chi connectivity index (χ2n) is 4.07. The molecule has 2 aliphatic carbocycles. The minimum absolute atomic E-state index is 0.116. The Morgan fingerprint density at radius 1 is 1.50 bits per heavy atom. The van der Waals surface area contributed by atoms with Crippen LogP contribution in [0.1, 0.15) is 24.3 Å². The lowest BCUT2D eigenvalue weighted by molar-refractivity contribution is 0.409. The van der Waals surface area contributed by atoms with Gasteiger partial charge in [-0.25, -0.2) is 4.98 Å². The lowest BCUT2D eigenvalue weighted by atomic mass is 9.96. The highest BCUT2D eigenvalue weighted by molar-refractivity contribution is 7.05. The van der Waals surface area contributed by atoms with E-state index >= 15 is 0 Å². The van der Waals surface area contributed by atoms with Crippen molar-refractivity contribution in [2.45, 2.75) is 24.8 Å². The van der Waals surface area contributed by atoms with Crippen LogP contribution >= 0.6 is 11.5 Å². The van der Waals surface area contributed by atoms with Crippen molar-refractivity contribution in [3.63, 3.8) is 0 Å². The highest BCUT2D eigenvalue weighted by atomic mass is 32.1. The van der Waals surface area contributed by atoms with Gasteiger partial charge >= 0.3 is 0 Å². The van der Waals surface area contributed by atoms with E-state index in [9.17, 15) is 0 Å². The lowest BCUT2D eigenvalue weighted by Gasteiger charge is -2.21. The van der Waals surface area contributed by atoms with E-state index in [-0.39, 0.29) is 5.54 Å². The molecule has 0 saturated heterocycles. The molecular formula is C8H11N3S. The molecule has 2 unspecified atom stereocenters. The van der Waals surface area contributed by atoms with Crippen LogP contribution in [0.3, 0.4) is 0 Å². The van der Waals surface area contributed by atoms with E-state index in [2.05, 4.69) is 9.36 Å². The number of hydrogen-bond donors (Lipinski definition) is 1. The average Bonchev–Trinajstić information content (AvgIpc) is 2.59. The SMILES string of the molecule is NC1(c2ncns2)CC2CC2C1. The standard InChI is InChI=1S/C8H11N3S/c9-8(7-10-4-11-12-7)2-5-1-6(5)3-8/h4-6H,1-3,9H2. The quantitative estimate of drug-likeness (QED) is 0.706. The molecule has 0 radical (unpaired) electrons. The Morgan fingerprint density at radius 3 is 2.83 bits per heavy atom. The summed E-state index contributed by atoms with van der Waals surface area (Å²) in [6.45, 7) is 0. The minimum atomic E-state index is -0.116. The number of nitrogens with two attached hydrogens (primary N) is 1. The predicted molar refractivity (Wildman–Crippen MR) is 46.6 cm³/mol. The minimum Gasteiger partial charge on any atom is -0.319 e. The Kier molecular flexibility index (Phi) is 1.20. The first kappa shape index (κ1) is 6.97. The molecule has 2 N–H and O–H groups in total. The normalized spacial score (nSPS) is 44.4. The van der Waals surface area contributed by atoms with Gasteiger partial charge < -0.3 is 5.73 Å². The van der Waals surface area contributed by atoms with Gasteiger partial charge in [0.2, 0.25) is 0 Å². The molecule has 64 valence electrons. The zero-order valence-corrected chi connectivity index (χ0v) is 7.55. The van der Waals surface area contributed by atoms with E-state index in [1.807, 2.05) is 0 Å². The van der Waals surface area contributed by atoms with Gasteiger partial charge in [0.05, 0.1) is 5.54 Å². The molecule has 2 atom stereocenters. The van der Waals surface area contributed by atoms with Gasteiger partial charge in [0, 0.05) is 0 Å². The summed E-state index contributed by atoms with van der Waals surface area (Å²) in [5, 5.41) is 1.04. The first-order valence-corrected chi connectivity index (χ1v) is 5.11. The van der Waals surface area contributed by atoms with Crippen molar-refractivity contribution in [1.29, 1.82) is 0 Å². The summed E-state index contributed by atoms with van der Waals surface area (Å²) in [5.74, 6) is 1.80. The van der Waals surface area contributed by atoms with Gasteiger partial charge in [0.25, 0.3) is 0 Å². The number of fused-ring (bicyclic) bond motifs is 1. The van der Waals surface area contributed by atoms with Crippen molar-refractivity contribution in [3.8, 4) is 0 Å². The molecule has 4 heteroatoms. The van der Waals surface area contributed by atoms with E-state index in [4.69, 9.17) is 5.73 Å². The first-order chi connectivity index (χ1) is 5.78. The summed E-state index contributed by atoms with van der Waals surface area (Å²) >= 11 is 1.46. The van der Waals surface area contributed by atoms with Crippen LogP contribution in [0.25, 0.3) is 0 Å². The summed E-state index contributed by atoms with van der Waals surface area (Å²) in [6.07, 6.45) is 5.27. The molecule has 2 saturated carbocycles. The van der Waals surface area contributed by atoms with Crippen LogP contribution in [0.2, 0.25) is 0 Å². The lowest BCUT2D eigenvalue weighted by Crippen LogP contribution is -2.34. The van der Waals surface area contributed by atoms with E-state index in [0.717, 1.165) is 29.7 Å². The van der Waals surface area contributed by atoms with Crippen molar-refractivity contribution in [2.75, 3.05) is 0 Å². The van der Waals surface area contributed by atoms with Gasteiger partial charge in [-0.2, -0.15) is 4.37 Å². The summed E-state index contributed by atoms with van der Waals surface area (Å²) < 4.78 is 4.00. The highest BCUT2D eigenvalue weighted by Crippen LogP contribution is 2.58. The Bertz CT molecular complexity index is 285. The van der Waals surface area contributed by atoms with Crippen molar-refractivity contribution in [1.82, 2.24) is 9.36 Å². The molecule has 0 amide bonds. The Balaban J connectivity index is 1.92. The number of rotatable bonds is 1. The van der Waals surface area contributed by atoms with Crippen molar-refractivity contribution >= 4 is 11.5 Å². The van der Waals surface area contributed by atoms with Crippen molar-refractivity contribution in [3.05, 3.63) is 11.3 Å². The fourth-order valence-corrected chi connectivity index (χ4v) is 3.03. The molecule has 1 aromatic heterocycles. The Labute approximate surface area is 75.2 Å². The van der Waals surface area contributed by atoms with Gasteiger partial charge in [-0.05, 0) is 42.6 Å². The maximum Gasteiger partial charge on any atom is 0.133 e. The first-order valence-electron chi connectivity index (χ1n) is 4.34. The molecule has 12 heavy (non-hydrogen) atoms. The molecule has 0 aromatic carbocycles. The van der Waals surface area contributed by atoms with Crippen LogP contribution < -0.4 is 5.73 Å². The molecule has 0 aliphatic heterocycles. The van der Waals surface area contributed by atoms with Crippen LogP contribution in [0.15, 0.2) is 6.33 Å². The molecule has 1 aromatic rings. The molecular weight excluding hydrogens is 170 g/mol. The maximum absolute atomic E-state index is 6.25. The molecule has 1 heterocycles. The van der Waals surface area contributed by atoms with Crippen LogP contribution in [0.4, 0.5) is 0 Å². The second-order valence-corrected chi connectivity index (χ2v) is 4.85. The second kappa shape index (κ2) is 2.06. The Morgan fingerprint density at radius 2 is 2.25 bits per heavy atom. The summed E-state index contributed by atoms with van der Waals surface area (Å²) in [7, 11) is 0. The van der Waals surface area contributed by atoms with Gasteiger partial charge in [-0.15, -0.1) is 0 Å². The van der Waals surface area contributed by atoms with Crippen LogP contribution in [-0.2, 0) is 5.54 Å². The molecule has 3 nitrogen and oxygen atoms in total. The van der Waals surface area contributed by atoms with E-state index in [1.54, 1.807) is 6.33 Å². The number of aromatic nitrogens is 2. The fraction of sp³-hybridized carbons (Fsp3) is 0.750. The van der Waals surface area contributed by atoms with E-state index in [0.29, 0.717) is 0 Å². The molecule has 3 rings (SSSR count). The molecule has 2 aliphatic rings. The van der Waals surface area contributed by atoms with Gasteiger partial charge in [0.1, 0.15) is 11.3 Å². The van der Waals surface area contributed by atoms with Gasteiger partial charge in [0.15, 0.2) is 0 Å². The van der Waals surface area contributed by atoms with Gasteiger partial charge in [-0.3, -0.25) is 0 Å². The maximum atomic E-state index is 6.25. The van der Waals surface area contributed by atoms with Gasteiger partial charge in [-0.1, -0.05) is 0 Å². The number of hydrogen-bond acceptors (Lipinski definition) is 4. The highest BCUT2D eigenvalue weighted by Gasteiger charge is 2.53. The zero-order chi connectivity index (χ0) is 8.18. The Hall–Kier alpha value is -0.480. The summed E-state index contributed by atoms with van der Waals surface area (Å²) in [5.41, 5.74) is 6.14. The van der Waals surface area contributed by atoms with E-state index in [1.165, 1.54) is 18.0 Å². The summed E-state index contributed by atoms with van der Waals surface area (Å²) in [6, 6.07) is 0. The van der Waals surface area contributed by atoms with Crippen molar-refractivity contribution < 1.29 is 0 Å². The van der Waals surface area contributed by atoms with Crippen molar-refractivity contribution in [2.24, 2.45) is 17.6 Å². The largest absolute Gasteiger partial charge is 0.319 e. The monoisotopic (exact) mass is 181 g/mol. The molecule has 0 spiro atoms. The average molecular weight is 181 g/mol. The molecule has 0 bridgehead atoms. The summed E-state index contributed by atoms with van der Waals surface area (Å²) in [4.78, 5) is 4.21. The van der Waals surface area contributed by atoms with Crippen LogP contribution in [0, 0.1) is 11.8 Å². The van der Waals surface area contributed by atoms with Crippen LogP contribution in [0.5, 0.6) is 0 Å².